The third-order valence-corrected chi connectivity index (χ3v) is 4.64. The molecule has 0 atom stereocenters. The minimum atomic E-state index is -3.48. The van der Waals surface area contributed by atoms with E-state index in [1.807, 2.05) is 13.8 Å². The molecule has 0 fully saturated rings. The lowest BCUT2D eigenvalue weighted by Crippen LogP contribution is -2.38. The van der Waals surface area contributed by atoms with E-state index in [0.717, 1.165) is 6.26 Å². The summed E-state index contributed by atoms with van der Waals surface area (Å²) in [6, 6.07) is 5.01. The molecule has 0 saturated heterocycles. The van der Waals surface area contributed by atoms with Crippen LogP contribution in [0.5, 0.6) is 11.5 Å². The Kier molecular flexibility index (Phi) is 5.93. The fourth-order valence-electron chi connectivity index (χ4n) is 2.41. The topological polar surface area (TPSA) is 84.9 Å². The van der Waals surface area contributed by atoms with Gasteiger partial charge in [-0.2, -0.15) is 0 Å². The number of fused-ring (bicyclic) bond motifs is 1. The molecule has 1 aliphatic heterocycles. The first-order chi connectivity index (χ1) is 11.3. The van der Waals surface area contributed by atoms with Crippen molar-refractivity contribution in [3.63, 3.8) is 0 Å². The number of nitrogens with zero attached hydrogens (tertiary/aromatic N) is 1. The van der Waals surface area contributed by atoms with Crippen LogP contribution in [0.1, 0.15) is 20.3 Å². The zero-order chi connectivity index (χ0) is 17.7. The van der Waals surface area contributed by atoms with E-state index in [0.29, 0.717) is 36.8 Å². The van der Waals surface area contributed by atoms with Crippen molar-refractivity contribution in [1.29, 1.82) is 0 Å². The van der Waals surface area contributed by atoms with E-state index >= 15 is 0 Å². The van der Waals surface area contributed by atoms with E-state index in [4.69, 9.17) is 9.47 Å². The highest BCUT2D eigenvalue weighted by molar-refractivity contribution is 7.92. The fourth-order valence-corrected chi connectivity index (χ4v) is 3.33. The third kappa shape index (κ3) is 5.02. The van der Waals surface area contributed by atoms with E-state index in [2.05, 4.69) is 5.32 Å². The molecular formula is C16H24N2O5S. The van der Waals surface area contributed by atoms with E-state index in [1.54, 1.807) is 18.2 Å². The lowest BCUT2D eigenvalue weighted by atomic mass is 10.1. The van der Waals surface area contributed by atoms with Gasteiger partial charge >= 0.3 is 0 Å². The minimum Gasteiger partial charge on any atom is -0.486 e. The van der Waals surface area contributed by atoms with Crippen molar-refractivity contribution in [3.8, 4) is 11.5 Å². The van der Waals surface area contributed by atoms with Crippen LogP contribution in [0.25, 0.3) is 0 Å². The molecule has 2 rings (SSSR count). The van der Waals surface area contributed by atoms with Gasteiger partial charge in [-0.15, -0.1) is 0 Å². The largest absolute Gasteiger partial charge is 0.486 e. The van der Waals surface area contributed by atoms with Crippen LogP contribution < -0.4 is 19.1 Å². The van der Waals surface area contributed by atoms with Gasteiger partial charge in [0.25, 0.3) is 0 Å². The molecule has 1 heterocycles. The highest BCUT2D eigenvalue weighted by Crippen LogP contribution is 2.34. The summed E-state index contributed by atoms with van der Waals surface area (Å²) in [5, 5.41) is 2.75. The Morgan fingerprint density at radius 1 is 1.25 bits per heavy atom. The lowest BCUT2D eigenvalue weighted by Gasteiger charge is -2.25. The average molecular weight is 356 g/mol. The summed E-state index contributed by atoms with van der Waals surface area (Å²) in [5.41, 5.74) is 0.486. The second-order valence-electron chi connectivity index (χ2n) is 6.11. The third-order valence-electron chi connectivity index (χ3n) is 3.44. The summed E-state index contributed by atoms with van der Waals surface area (Å²) in [4.78, 5) is 11.7. The van der Waals surface area contributed by atoms with Gasteiger partial charge in [0.15, 0.2) is 11.5 Å². The van der Waals surface area contributed by atoms with Gasteiger partial charge in [0.2, 0.25) is 15.9 Å². The zero-order valence-corrected chi connectivity index (χ0v) is 15.1. The molecule has 0 saturated carbocycles. The molecule has 0 bridgehead atoms. The van der Waals surface area contributed by atoms with Crippen molar-refractivity contribution in [2.75, 3.05) is 36.9 Å². The number of nitrogens with one attached hydrogen (secondary N) is 1. The van der Waals surface area contributed by atoms with Gasteiger partial charge in [0.05, 0.1) is 18.5 Å². The maximum Gasteiger partial charge on any atom is 0.232 e. The fraction of sp³-hybridized carbons (Fsp3) is 0.562. The van der Waals surface area contributed by atoms with Gasteiger partial charge in [-0.1, -0.05) is 13.8 Å². The highest BCUT2D eigenvalue weighted by atomic mass is 32.2. The van der Waals surface area contributed by atoms with Gasteiger partial charge < -0.3 is 14.8 Å². The second-order valence-corrected chi connectivity index (χ2v) is 8.02. The second kappa shape index (κ2) is 7.74. The zero-order valence-electron chi connectivity index (χ0n) is 14.2. The summed E-state index contributed by atoms with van der Waals surface area (Å²) in [7, 11) is -3.48. The molecule has 8 heteroatoms. The molecule has 24 heavy (non-hydrogen) atoms. The summed E-state index contributed by atoms with van der Waals surface area (Å²) in [5.74, 6) is 1.30. The van der Waals surface area contributed by atoms with Gasteiger partial charge in [0, 0.05) is 19.0 Å². The maximum absolute atomic E-state index is 12.1. The summed E-state index contributed by atoms with van der Waals surface area (Å²) in [6.07, 6.45) is 1.56. The number of ether oxygens (including phenoxy) is 2. The smallest absolute Gasteiger partial charge is 0.232 e. The molecule has 0 spiro atoms. The molecule has 0 aromatic heterocycles. The predicted octanol–water partition coefficient (Wildman–Crippen LogP) is 1.39. The van der Waals surface area contributed by atoms with E-state index in [9.17, 15) is 13.2 Å². The average Bonchev–Trinajstić information content (AvgIpc) is 2.49. The van der Waals surface area contributed by atoms with Crippen molar-refractivity contribution in [3.05, 3.63) is 18.2 Å². The van der Waals surface area contributed by atoms with Crippen LogP contribution in [0.15, 0.2) is 18.2 Å². The van der Waals surface area contributed by atoms with Crippen LogP contribution in [0, 0.1) is 5.92 Å². The number of rotatable bonds is 7. The normalized spacial score (nSPS) is 13.7. The first-order valence-corrected chi connectivity index (χ1v) is 9.76. The van der Waals surface area contributed by atoms with Crippen molar-refractivity contribution in [1.82, 2.24) is 5.32 Å². The predicted molar refractivity (Wildman–Crippen MR) is 92.1 cm³/mol. The standard InChI is InChI=1S/C16H24N2O5S/c1-12(2)10-16(19)17-6-7-18(24(3,20)21)13-4-5-14-15(11-13)23-9-8-22-14/h4-5,11-12H,6-10H2,1-3H3,(H,17,19). The first-order valence-electron chi connectivity index (χ1n) is 7.91. The molecule has 1 amide bonds. The van der Waals surface area contributed by atoms with Crippen LogP contribution in [-0.2, 0) is 14.8 Å². The molecule has 7 nitrogen and oxygen atoms in total. The number of benzene rings is 1. The van der Waals surface area contributed by atoms with Crippen LogP contribution >= 0.6 is 0 Å². The van der Waals surface area contributed by atoms with Crippen LogP contribution in [-0.4, -0.2) is 46.9 Å². The summed E-state index contributed by atoms with van der Waals surface area (Å²) >= 11 is 0. The Balaban J connectivity index is 2.08. The maximum atomic E-state index is 12.1. The number of carbonyl (C=O) groups is 1. The Hall–Kier alpha value is -1.96. The quantitative estimate of drug-likeness (QED) is 0.798. The minimum absolute atomic E-state index is 0.0828. The Labute approximate surface area is 143 Å². The summed E-state index contributed by atoms with van der Waals surface area (Å²) < 4.78 is 36.4. The SMILES string of the molecule is CC(C)CC(=O)NCCN(c1ccc2c(c1)OCCO2)S(C)(=O)=O. The molecule has 0 unspecified atom stereocenters. The van der Waals surface area contributed by atoms with E-state index in [-0.39, 0.29) is 24.9 Å². The van der Waals surface area contributed by atoms with Gasteiger partial charge in [-0.05, 0) is 18.1 Å². The van der Waals surface area contributed by atoms with Crippen LogP contribution in [0.4, 0.5) is 5.69 Å². The number of carbonyl (C=O) groups excluding carboxylic acids is 1. The lowest BCUT2D eigenvalue weighted by molar-refractivity contribution is -0.121. The van der Waals surface area contributed by atoms with E-state index < -0.39 is 10.0 Å². The molecule has 0 radical (unpaired) electrons. The van der Waals surface area contributed by atoms with Crippen molar-refractivity contribution in [2.45, 2.75) is 20.3 Å². The first kappa shape index (κ1) is 18.4. The highest BCUT2D eigenvalue weighted by Gasteiger charge is 2.20. The van der Waals surface area contributed by atoms with Gasteiger partial charge in [0.1, 0.15) is 13.2 Å². The van der Waals surface area contributed by atoms with Crippen molar-refractivity contribution < 1.29 is 22.7 Å². The Morgan fingerprint density at radius 3 is 2.54 bits per heavy atom. The van der Waals surface area contributed by atoms with Gasteiger partial charge in [-0.3, -0.25) is 9.10 Å². The molecule has 1 aliphatic rings. The summed E-state index contributed by atoms with van der Waals surface area (Å²) in [6.45, 7) is 5.22. The molecular weight excluding hydrogens is 332 g/mol. The number of anilines is 1. The van der Waals surface area contributed by atoms with Crippen molar-refractivity contribution >= 4 is 21.6 Å². The van der Waals surface area contributed by atoms with Gasteiger partial charge in [-0.25, -0.2) is 8.42 Å². The molecule has 0 aliphatic carbocycles. The number of sulfonamides is 1. The molecule has 134 valence electrons. The Bertz CT molecular complexity index is 688. The van der Waals surface area contributed by atoms with Crippen LogP contribution in [0.2, 0.25) is 0 Å². The monoisotopic (exact) mass is 356 g/mol. The van der Waals surface area contributed by atoms with E-state index in [1.165, 1.54) is 4.31 Å². The number of hydrogen-bond acceptors (Lipinski definition) is 5. The van der Waals surface area contributed by atoms with Crippen molar-refractivity contribution in [2.24, 2.45) is 5.92 Å². The Morgan fingerprint density at radius 2 is 1.92 bits per heavy atom. The molecule has 1 aromatic rings. The van der Waals surface area contributed by atoms with Crippen LogP contribution in [0.3, 0.4) is 0 Å². The number of amides is 1. The molecule has 1 N–H and O–H groups in total. The molecule has 1 aromatic carbocycles. The number of hydrogen-bond donors (Lipinski definition) is 1.